The van der Waals surface area contributed by atoms with Crippen LogP contribution in [-0.2, 0) is 11.3 Å². The Hall–Kier alpha value is -1.01. The number of hydrogen-bond acceptors (Lipinski definition) is 4. The Balaban J connectivity index is 1.94. The molecule has 0 atom stereocenters. The summed E-state index contributed by atoms with van der Waals surface area (Å²) in [6.07, 6.45) is 4.45. The molecule has 19 heavy (non-hydrogen) atoms. The molecule has 1 aromatic rings. The third-order valence-corrected chi connectivity index (χ3v) is 4.40. The Bertz CT molecular complexity index is 443. The van der Waals surface area contributed by atoms with Gasteiger partial charge in [-0.2, -0.15) is 0 Å². The van der Waals surface area contributed by atoms with Gasteiger partial charge in [-0.3, -0.25) is 9.69 Å². The molecular formula is C13H21N3O2S. The van der Waals surface area contributed by atoms with Crippen LogP contribution in [0, 0.1) is 6.92 Å². The third-order valence-electron chi connectivity index (χ3n) is 3.42. The first-order valence-electron chi connectivity index (χ1n) is 6.72. The van der Waals surface area contributed by atoms with Gasteiger partial charge < -0.3 is 9.67 Å². The first-order valence-corrected chi connectivity index (χ1v) is 7.71. The molecule has 1 fully saturated rings. The van der Waals surface area contributed by atoms with Crippen molar-refractivity contribution in [1.82, 2.24) is 14.5 Å². The lowest BCUT2D eigenvalue weighted by Crippen LogP contribution is -2.29. The normalized spacial score (nSPS) is 15.1. The number of imidazole rings is 1. The van der Waals surface area contributed by atoms with Crippen molar-refractivity contribution in [3.05, 3.63) is 11.9 Å². The van der Waals surface area contributed by atoms with Crippen molar-refractivity contribution in [2.24, 2.45) is 0 Å². The number of thioether (sulfide) groups is 1. The zero-order valence-electron chi connectivity index (χ0n) is 11.5. The van der Waals surface area contributed by atoms with Crippen LogP contribution in [-0.4, -0.2) is 50.4 Å². The van der Waals surface area contributed by atoms with Gasteiger partial charge in [0.25, 0.3) is 0 Å². The average Bonchev–Trinajstić information content (AvgIpc) is 3.14. The zero-order valence-corrected chi connectivity index (χ0v) is 12.3. The number of likely N-dealkylation sites (N-methyl/N-ethyl adjacent to an activating group) is 1. The molecule has 6 heteroatoms. The number of carbonyl (C=O) groups is 1. The van der Waals surface area contributed by atoms with E-state index >= 15 is 0 Å². The molecule has 5 nitrogen and oxygen atoms in total. The maximum atomic E-state index is 10.6. The van der Waals surface area contributed by atoms with Crippen LogP contribution in [0.1, 0.15) is 25.5 Å². The van der Waals surface area contributed by atoms with Gasteiger partial charge in [-0.1, -0.05) is 18.7 Å². The van der Waals surface area contributed by atoms with Crippen molar-refractivity contribution in [2.45, 2.75) is 44.4 Å². The van der Waals surface area contributed by atoms with E-state index in [1.165, 1.54) is 24.6 Å². The highest BCUT2D eigenvalue weighted by Crippen LogP contribution is 2.26. The molecule has 1 aromatic heterocycles. The van der Waals surface area contributed by atoms with E-state index in [1.54, 1.807) is 0 Å². The Morgan fingerprint density at radius 3 is 2.95 bits per heavy atom. The van der Waals surface area contributed by atoms with E-state index in [1.807, 2.05) is 13.1 Å². The quantitative estimate of drug-likeness (QED) is 0.738. The SMILES string of the molecule is CCN(CCn1c(C)cnc1SCC(=O)O)C1CC1. The number of nitrogens with zero attached hydrogens (tertiary/aromatic N) is 3. The van der Waals surface area contributed by atoms with Crippen molar-refractivity contribution in [2.75, 3.05) is 18.8 Å². The highest BCUT2D eigenvalue weighted by Gasteiger charge is 2.27. The maximum Gasteiger partial charge on any atom is 0.313 e. The fourth-order valence-corrected chi connectivity index (χ4v) is 2.99. The Morgan fingerprint density at radius 2 is 2.37 bits per heavy atom. The van der Waals surface area contributed by atoms with E-state index in [2.05, 4.69) is 21.4 Å². The predicted molar refractivity (Wildman–Crippen MR) is 75.6 cm³/mol. The smallest absolute Gasteiger partial charge is 0.313 e. The van der Waals surface area contributed by atoms with Crippen LogP contribution in [0.4, 0.5) is 0 Å². The molecule has 106 valence electrons. The molecule has 0 bridgehead atoms. The number of hydrogen-bond donors (Lipinski definition) is 1. The van der Waals surface area contributed by atoms with Gasteiger partial charge in [-0.15, -0.1) is 0 Å². The number of aryl methyl sites for hydroxylation is 1. The standard InChI is InChI=1S/C13H21N3O2S/c1-3-15(11-4-5-11)6-7-16-10(2)8-14-13(16)19-9-12(17)18/h8,11H,3-7,9H2,1-2H3,(H,17,18). The van der Waals surface area contributed by atoms with E-state index in [0.29, 0.717) is 0 Å². The number of rotatable bonds is 8. The van der Waals surface area contributed by atoms with Gasteiger partial charge in [0.05, 0.1) is 5.75 Å². The van der Waals surface area contributed by atoms with Crippen LogP contribution in [0.3, 0.4) is 0 Å². The second-order valence-corrected chi connectivity index (χ2v) is 5.82. The summed E-state index contributed by atoms with van der Waals surface area (Å²) in [6.45, 7) is 7.19. The molecule has 1 N–H and O–H groups in total. The Labute approximate surface area is 118 Å². The van der Waals surface area contributed by atoms with Crippen LogP contribution in [0.15, 0.2) is 11.4 Å². The molecule has 0 saturated heterocycles. The van der Waals surface area contributed by atoms with Crippen LogP contribution in [0.5, 0.6) is 0 Å². The van der Waals surface area contributed by atoms with E-state index in [9.17, 15) is 4.79 Å². The fraction of sp³-hybridized carbons (Fsp3) is 0.692. The summed E-state index contributed by atoms with van der Waals surface area (Å²) in [5.74, 6) is -0.735. The Morgan fingerprint density at radius 1 is 1.63 bits per heavy atom. The predicted octanol–water partition coefficient (Wildman–Crippen LogP) is 1.85. The summed E-state index contributed by atoms with van der Waals surface area (Å²) in [4.78, 5) is 17.4. The van der Waals surface area contributed by atoms with Gasteiger partial charge in [0.2, 0.25) is 0 Å². The molecule has 0 radical (unpaired) electrons. The van der Waals surface area contributed by atoms with E-state index in [4.69, 9.17) is 5.11 Å². The topological polar surface area (TPSA) is 58.4 Å². The van der Waals surface area contributed by atoms with E-state index in [-0.39, 0.29) is 5.75 Å². The highest BCUT2D eigenvalue weighted by atomic mass is 32.2. The number of carboxylic acid groups (broad SMARTS) is 1. The van der Waals surface area contributed by atoms with Gasteiger partial charge in [0.15, 0.2) is 5.16 Å². The van der Waals surface area contributed by atoms with Crippen molar-refractivity contribution in [3.63, 3.8) is 0 Å². The summed E-state index contributed by atoms with van der Waals surface area (Å²) >= 11 is 1.29. The lowest BCUT2D eigenvalue weighted by molar-refractivity contribution is -0.133. The molecule has 0 aliphatic heterocycles. The van der Waals surface area contributed by atoms with Crippen LogP contribution < -0.4 is 0 Å². The molecule has 1 aliphatic carbocycles. The molecular weight excluding hydrogens is 262 g/mol. The maximum absolute atomic E-state index is 10.6. The molecule has 0 spiro atoms. The molecule has 2 rings (SSSR count). The first kappa shape index (κ1) is 14.4. The molecule has 0 unspecified atom stereocenters. The minimum atomic E-state index is -0.801. The lowest BCUT2D eigenvalue weighted by atomic mass is 10.4. The van der Waals surface area contributed by atoms with Crippen LogP contribution >= 0.6 is 11.8 Å². The molecule has 1 saturated carbocycles. The fourth-order valence-electron chi connectivity index (χ4n) is 2.22. The number of carboxylic acids is 1. The minimum Gasteiger partial charge on any atom is -0.481 e. The second kappa shape index (κ2) is 6.43. The summed E-state index contributed by atoms with van der Waals surface area (Å²) in [5, 5.41) is 9.56. The summed E-state index contributed by atoms with van der Waals surface area (Å²) < 4.78 is 2.12. The molecule has 1 aliphatic rings. The van der Waals surface area contributed by atoms with Gasteiger partial charge in [-0.05, 0) is 26.3 Å². The minimum absolute atomic E-state index is 0.0660. The van der Waals surface area contributed by atoms with E-state index in [0.717, 1.165) is 36.5 Å². The Kier molecular flexibility index (Phi) is 4.87. The largest absolute Gasteiger partial charge is 0.481 e. The summed E-state index contributed by atoms with van der Waals surface area (Å²) in [6, 6.07) is 0.768. The third kappa shape index (κ3) is 3.98. The van der Waals surface area contributed by atoms with Crippen molar-refractivity contribution in [3.8, 4) is 0 Å². The van der Waals surface area contributed by atoms with Crippen molar-refractivity contribution < 1.29 is 9.90 Å². The summed E-state index contributed by atoms with van der Waals surface area (Å²) in [5.41, 5.74) is 1.10. The van der Waals surface area contributed by atoms with Crippen LogP contribution in [0.25, 0.3) is 0 Å². The second-order valence-electron chi connectivity index (χ2n) is 4.88. The number of aromatic nitrogens is 2. The first-order chi connectivity index (χ1) is 9.11. The highest BCUT2D eigenvalue weighted by molar-refractivity contribution is 7.99. The van der Waals surface area contributed by atoms with Gasteiger partial charge in [0.1, 0.15) is 0 Å². The number of aliphatic carboxylic acids is 1. The zero-order chi connectivity index (χ0) is 13.8. The van der Waals surface area contributed by atoms with Crippen molar-refractivity contribution in [1.29, 1.82) is 0 Å². The monoisotopic (exact) mass is 283 g/mol. The van der Waals surface area contributed by atoms with Crippen molar-refractivity contribution >= 4 is 17.7 Å². The lowest BCUT2D eigenvalue weighted by Gasteiger charge is -2.21. The van der Waals surface area contributed by atoms with Crippen LogP contribution in [0.2, 0.25) is 0 Å². The van der Waals surface area contributed by atoms with E-state index < -0.39 is 5.97 Å². The average molecular weight is 283 g/mol. The molecule has 0 amide bonds. The molecule has 0 aromatic carbocycles. The van der Waals surface area contributed by atoms with Gasteiger partial charge in [-0.25, -0.2) is 4.98 Å². The molecule has 1 heterocycles. The van der Waals surface area contributed by atoms with Gasteiger partial charge >= 0.3 is 5.97 Å². The summed E-state index contributed by atoms with van der Waals surface area (Å²) in [7, 11) is 0. The van der Waals surface area contributed by atoms with Gasteiger partial charge in [0, 0.05) is 31.0 Å².